The van der Waals surface area contributed by atoms with Crippen molar-refractivity contribution in [2.75, 3.05) is 18.0 Å². The number of piperidine rings is 1. The van der Waals surface area contributed by atoms with Crippen LogP contribution in [0.5, 0.6) is 0 Å². The van der Waals surface area contributed by atoms with Gasteiger partial charge in [0.1, 0.15) is 11.2 Å². The topological polar surface area (TPSA) is 73.5 Å². The highest BCUT2D eigenvalue weighted by atomic mass is 15.1. The maximum absolute atomic E-state index is 4.88. The number of anilines is 1. The Hall–Kier alpha value is -3.67. The molecule has 6 nitrogen and oxygen atoms in total. The van der Waals surface area contributed by atoms with Crippen molar-refractivity contribution in [1.82, 2.24) is 25.1 Å². The number of hydrogen-bond acceptors (Lipinski definition) is 4. The molecule has 1 aliphatic heterocycles. The average Bonchev–Trinajstić information content (AvgIpc) is 3.43. The third kappa shape index (κ3) is 2.84. The quantitative estimate of drug-likeness (QED) is 0.443. The number of pyridine rings is 2. The Labute approximate surface area is 174 Å². The van der Waals surface area contributed by atoms with Crippen LogP contribution in [0.4, 0.5) is 5.69 Å². The zero-order chi connectivity index (χ0) is 19.9. The molecule has 1 aromatic carbocycles. The normalized spacial score (nSPS) is 14.6. The molecule has 6 rings (SSSR count). The molecule has 1 fully saturated rings. The fraction of sp³-hybridized carbons (Fsp3) is 0.208. The van der Waals surface area contributed by atoms with E-state index in [0.717, 1.165) is 52.4 Å². The monoisotopic (exact) mass is 394 g/mol. The molecule has 2 N–H and O–H groups in total. The van der Waals surface area contributed by atoms with Crippen molar-refractivity contribution in [1.29, 1.82) is 0 Å². The molecule has 1 saturated heterocycles. The number of hydrogen-bond donors (Lipinski definition) is 2. The van der Waals surface area contributed by atoms with E-state index in [1.165, 1.54) is 30.3 Å². The Morgan fingerprint density at radius 1 is 0.833 bits per heavy atom. The van der Waals surface area contributed by atoms with Crippen molar-refractivity contribution >= 4 is 27.6 Å². The van der Waals surface area contributed by atoms with Gasteiger partial charge < -0.3 is 9.88 Å². The van der Waals surface area contributed by atoms with E-state index in [1.807, 2.05) is 30.3 Å². The molecule has 0 amide bonds. The molecule has 148 valence electrons. The first-order valence-electron chi connectivity index (χ1n) is 10.5. The Kier molecular flexibility index (Phi) is 4.01. The largest absolute Gasteiger partial charge is 0.371 e. The number of fused-ring (bicyclic) bond motifs is 2. The van der Waals surface area contributed by atoms with Gasteiger partial charge >= 0.3 is 0 Å². The first kappa shape index (κ1) is 17.2. The molecule has 6 heteroatoms. The van der Waals surface area contributed by atoms with Crippen LogP contribution >= 0.6 is 0 Å². The van der Waals surface area contributed by atoms with Crippen LogP contribution in [0.3, 0.4) is 0 Å². The molecule has 5 aromatic rings. The zero-order valence-corrected chi connectivity index (χ0v) is 16.6. The number of nitrogens with zero attached hydrogens (tertiary/aromatic N) is 4. The smallest absolute Gasteiger partial charge is 0.135 e. The minimum atomic E-state index is 0.837. The number of H-pyrrole nitrogens is 2. The molecule has 0 unspecified atom stereocenters. The fourth-order valence-electron chi connectivity index (χ4n) is 4.42. The van der Waals surface area contributed by atoms with Crippen LogP contribution in [0.1, 0.15) is 19.3 Å². The highest BCUT2D eigenvalue weighted by Crippen LogP contribution is 2.34. The minimum Gasteiger partial charge on any atom is -0.371 e. The lowest BCUT2D eigenvalue weighted by Crippen LogP contribution is -2.29. The number of rotatable bonds is 3. The van der Waals surface area contributed by atoms with Gasteiger partial charge in [-0.1, -0.05) is 12.1 Å². The summed E-state index contributed by atoms with van der Waals surface area (Å²) in [5, 5.41) is 8.95. The summed E-state index contributed by atoms with van der Waals surface area (Å²) < 4.78 is 0. The lowest BCUT2D eigenvalue weighted by atomic mass is 10.1. The van der Waals surface area contributed by atoms with Gasteiger partial charge in [-0.05, 0) is 61.7 Å². The number of nitrogens with one attached hydrogen (secondary N) is 2. The molecule has 5 heterocycles. The minimum absolute atomic E-state index is 0.837. The van der Waals surface area contributed by atoms with Crippen LogP contribution in [0.15, 0.2) is 60.8 Å². The Morgan fingerprint density at radius 2 is 1.77 bits per heavy atom. The van der Waals surface area contributed by atoms with E-state index in [9.17, 15) is 0 Å². The molecule has 0 bridgehead atoms. The van der Waals surface area contributed by atoms with E-state index >= 15 is 0 Å². The second-order valence-corrected chi connectivity index (χ2v) is 7.85. The second-order valence-electron chi connectivity index (χ2n) is 7.85. The van der Waals surface area contributed by atoms with Crippen LogP contribution in [-0.4, -0.2) is 38.2 Å². The lowest BCUT2D eigenvalue weighted by molar-refractivity contribution is 0.579. The van der Waals surface area contributed by atoms with Crippen molar-refractivity contribution in [2.45, 2.75) is 19.3 Å². The summed E-state index contributed by atoms with van der Waals surface area (Å²) in [5.74, 6) is 0. The van der Waals surface area contributed by atoms with Gasteiger partial charge in [-0.15, -0.1) is 0 Å². The van der Waals surface area contributed by atoms with Crippen molar-refractivity contribution in [3.05, 3.63) is 60.8 Å². The molecule has 1 aliphatic rings. The molecule has 30 heavy (non-hydrogen) atoms. The molecule has 0 atom stereocenters. The van der Waals surface area contributed by atoms with Crippen molar-refractivity contribution in [3.8, 4) is 22.8 Å². The second kappa shape index (κ2) is 6.99. The molecule has 4 aromatic heterocycles. The zero-order valence-electron chi connectivity index (χ0n) is 16.6. The van der Waals surface area contributed by atoms with E-state index in [0.29, 0.717) is 0 Å². The Balaban J connectivity index is 1.47. The summed E-state index contributed by atoms with van der Waals surface area (Å²) >= 11 is 0. The fourth-order valence-corrected chi connectivity index (χ4v) is 4.42. The van der Waals surface area contributed by atoms with Crippen LogP contribution in [0, 0.1) is 0 Å². The highest BCUT2D eigenvalue weighted by molar-refractivity contribution is 5.99. The van der Waals surface area contributed by atoms with E-state index < -0.39 is 0 Å². The molecule has 0 radical (unpaired) electrons. The van der Waals surface area contributed by atoms with Gasteiger partial charge in [0.2, 0.25) is 0 Å². The lowest BCUT2D eigenvalue weighted by Gasteiger charge is -2.29. The maximum Gasteiger partial charge on any atom is 0.135 e. The summed E-state index contributed by atoms with van der Waals surface area (Å²) in [6.07, 6.45) is 5.64. The van der Waals surface area contributed by atoms with Gasteiger partial charge in [0, 0.05) is 35.9 Å². The van der Waals surface area contributed by atoms with E-state index in [-0.39, 0.29) is 0 Å². The predicted octanol–water partition coefficient (Wildman–Crippen LogP) is 5.16. The molecule has 0 spiro atoms. The number of aromatic nitrogens is 5. The van der Waals surface area contributed by atoms with Crippen LogP contribution < -0.4 is 4.90 Å². The first-order chi connectivity index (χ1) is 14.9. The van der Waals surface area contributed by atoms with Crippen LogP contribution in [0.2, 0.25) is 0 Å². The average molecular weight is 394 g/mol. The van der Waals surface area contributed by atoms with Crippen LogP contribution in [-0.2, 0) is 0 Å². The SMILES string of the molecule is c1ccc(-c2ccc3[nH]nc(-c4cc5c(N6CCCCC6)cccc5[nH]4)c3n2)nc1. The van der Waals surface area contributed by atoms with Gasteiger partial charge in [0.05, 0.1) is 22.6 Å². The first-order valence-corrected chi connectivity index (χ1v) is 10.5. The van der Waals surface area contributed by atoms with Crippen molar-refractivity contribution < 1.29 is 0 Å². The maximum atomic E-state index is 4.88. The standard InChI is InChI=1S/C24H22N6/c1-4-13-30(14-5-1)22-9-6-8-17-16(22)15-21(26-17)24-23-20(28-29-24)11-10-19(27-23)18-7-2-3-12-25-18/h2-3,6-12,15,26H,1,4-5,13-14H2,(H,28,29). The van der Waals surface area contributed by atoms with Gasteiger partial charge in [0.15, 0.2) is 0 Å². The Bertz CT molecular complexity index is 1330. The van der Waals surface area contributed by atoms with Crippen molar-refractivity contribution in [2.24, 2.45) is 0 Å². The molecular formula is C24H22N6. The van der Waals surface area contributed by atoms with Gasteiger partial charge in [-0.2, -0.15) is 5.10 Å². The third-order valence-electron chi connectivity index (χ3n) is 5.93. The van der Waals surface area contributed by atoms with E-state index in [2.05, 4.69) is 49.3 Å². The number of benzene rings is 1. The summed E-state index contributed by atoms with van der Waals surface area (Å²) in [7, 11) is 0. The van der Waals surface area contributed by atoms with Gasteiger partial charge in [0.25, 0.3) is 0 Å². The highest BCUT2D eigenvalue weighted by Gasteiger charge is 2.18. The van der Waals surface area contributed by atoms with Crippen LogP contribution in [0.25, 0.3) is 44.7 Å². The van der Waals surface area contributed by atoms with E-state index in [1.54, 1.807) is 6.20 Å². The van der Waals surface area contributed by atoms with Crippen molar-refractivity contribution in [3.63, 3.8) is 0 Å². The van der Waals surface area contributed by atoms with Gasteiger partial charge in [-0.25, -0.2) is 4.98 Å². The summed E-state index contributed by atoms with van der Waals surface area (Å²) in [5.41, 5.74) is 7.71. The summed E-state index contributed by atoms with van der Waals surface area (Å²) in [6.45, 7) is 2.25. The van der Waals surface area contributed by atoms with Gasteiger partial charge in [-0.3, -0.25) is 10.1 Å². The summed E-state index contributed by atoms with van der Waals surface area (Å²) in [4.78, 5) is 15.4. The molecule has 0 saturated carbocycles. The Morgan fingerprint density at radius 3 is 2.63 bits per heavy atom. The summed E-state index contributed by atoms with van der Waals surface area (Å²) in [6, 6.07) is 18.6. The molecule has 0 aliphatic carbocycles. The molecular weight excluding hydrogens is 372 g/mol. The van der Waals surface area contributed by atoms with E-state index in [4.69, 9.17) is 4.98 Å². The third-order valence-corrected chi connectivity index (χ3v) is 5.93. The number of aromatic amines is 2. The predicted molar refractivity (Wildman–Crippen MR) is 120 cm³/mol.